The lowest BCUT2D eigenvalue weighted by Gasteiger charge is -2.38. The van der Waals surface area contributed by atoms with E-state index in [0.717, 1.165) is 16.8 Å². The molecular weight excluding hydrogens is 292 g/mol. The molecule has 0 bridgehead atoms. The minimum absolute atomic E-state index is 0.120. The zero-order chi connectivity index (χ0) is 16.2. The molecule has 1 atom stereocenters. The van der Waals surface area contributed by atoms with Crippen LogP contribution in [0.25, 0.3) is 0 Å². The summed E-state index contributed by atoms with van der Waals surface area (Å²) < 4.78 is 5.12. The molecule has 3 rings (SSSR count). The van der Waals surface area contributed by atoms with Crippen LogP contribution < -0.4 is 10.2 Å². The number of carbonyl (C=O) groups is 2. The number of anilines is 1. The van der Waals surface area contributed by atoms with Crippen molar-refractivity contribution >= 4 is 17.7 Å². The Hall–Kier alpha value is -2.82. The van der Waals surface area contributed by atoms with E-state index in [1.807, 2.05) is 61.5 Å². The lowest BCUT2D eigenvalue weighted by atomic mass is 10.1. The molecule has 1 saturated heterocycles. The highest BCUT2D eigenvalue weighted by Gasteiger charge is 2.38. The number of alkyl carbamates (subject to hydrolysis) is 1. The summed E-state index contributed by atoms with van der Waals surface area (Å²) in [5.41, 5.74) is 2.89. The summed E-state index contributed by atoms with van der Waals surface area (Å²) in [5, 5.41) is 2.60. The average Bonchev–Trinajstić information content (AvgIpc) is 2.58. The highest BCUT2D eigenvalue weighted by atomic mass is 16.5. The van der Waals surface area contributed by atoms with Crippen LogP contribution in [0.3, 0.4) is 0 Å². The summed E-state index contributed by atoms with van der Waals surface area (Å²) in [6.07, 6.45) is -0.573. The third-order valence-electron chi connectivity index (χ3n) is 3.78. The Kier molecular flexibility index (Phi) is 4.28. The van der Waals surface area contributed by atoms with Crippen LogP contribution >= 0.6 is 0 Å². The zero-order valence-corrected chi connectivity index (χ0v) is 12.9. The van der Waals surface area contributed by atoms with Crippen LogP contribution in [0.5, 0.6) is 0 Å². The van der Waals surface area contributed by atoms with Gasteiger partial charge in [0.05, 0.1) is 6.54 Å². The van der Waals surface area contributed by atoms with Gasteiger partial charge in [0, 0.05) is 5.69 Å². The number of amides is 2. The number of aryl methyl sites for hydroxylation is 1. The maximum atomic E-state index is 12.1. The molecule has 1 heterocycles. The lowest BCUT2D eigenvalue weighted by Crippen LogP contribution is -2.64. The van der Waals surface area contributed by atoms with Gasteiger partial charge in [-0.1, -0.05) is 48.0 Å². The molecule has 2 amide bonds. The van der Waals surface area contributed by atoms with Crippen LogP contribution in [0, 0.1) is 6.92 Å². The molecule has 5 heteroatoms. The highest BCUT2D eigenvalue weighted by molar-refractivity contribution is 6.05. The van der Waals surface area contributed by atoms with Gasteiger partial charge < -0.3 is 15.0 Å². The molecule has 1 aliphatic rings. The molecule has 2 aromatic rings. The number of nitrogens with one attached hydrogen (secondary N) is 1. The maximum absolute atomic E-state index is 12.1. The van der Waals surface area contributed by atoms with Crippen LogP contribution in [0.4, 0.5) is 10.5 Å². The second-order valence-electron chi connectivity index (χ2n) is 5.54. The molecule has 0 aliphatic carbocycles. The molecule has 0 spiro atoms. The fourth-order valence-corrected chi connectivity index (χ4v) is 2.40. The molecule has 0 radical (unpaired) electrons. The lowest BCUT2D eigenvalue weighted by molar-refractivity contribution is -0.124. The fraction of sp³-hybridized carbons (Fsp3) is 0.222. The third-order valence-corrected chi connectivity index (χ3v) is 3.78. The number of hydrogen-bond donors (Lipinski definition) is 1. The Morgan fingerprint density at radius 1 is 1.17 bits per heavy atom. The molecule has 5 nitrogen and oxygen atoms in total. The van der Waals surface area contributed by atoms with Crippen LogP contribution in [-0.4, -0.2) is 24.6 Å². The predicted molar refractivity (Wildman–Crippen MR) is 87.1 cm³/mol. The van der Waals surface area contributed by atoms with E-state index in [1.54, 1.807) is 4.90 Å². The minimum atomic E-state index is -0.573. The SMILES string of the molecule is Cc1ccc(N2C[C@H](NC(=O)OCc3ccccc3)C2=O)cc1. The molecule has 1 N–H and O–H groups in total. The van der Waals surface area contributed by atoms with Gasteiger partial charge in [-0.25, -0.2) is 4.79 Å². The number of hydrogen-bond acceptors (Lipinski definition) is 3. The van der Waals surface area contributed by atoms with E-state index in [4.69, 9.17) is 4.74 Å². The summed E-state index contributed by atoms with van der Waals surface area (Å²) in [6, 6.07) is 16.6. The molecule has 2 aromatic carbocycles. The summed E-state index contributed by atoms with van der Waals surface area (Å²) in [4.78, 5) is 25.5. The van der Waals surface area contributed by atoms with E-state index in [1.165, 1.54) is 0 Å². The second kappa shape index (κ2) is 6.52. The van der Waals surface area contributed by atoms with Crippen molar-refractivity contribution in [1.29, 1.82) is 0 Å². The van der Waals surface area contributed by atoms with E-state index < -0.39 is 12.1 Å². The monoisotopic (exact) mass is 310 g/mol. The van der Waals surface area contributed by atoms with Crippen LogP contribution in [0.2, 0.25) is 0 Å². The molecule has 1 fully saturated rings. The van der Waals surface area contributed by atoms with Gasteiger partial charge >= 0.3 is 6.09 Å². The first-order valence-corrected chi connectivity index (χ1v) is 7.49. The Morgan fingerprint density at radius 2 is 1.87 bits per heavy atom. The first-order valence-electron chi connectivity index (χ1n) is 7.49. The number of carbonyl (C=O) groups excluding carboxylic acids is 2. The largest absolute Gasteiger partial charge is 0.445 e. The van der Waals surface area contributed by atoms with Gasteiger partial charge in [-0.05, 0) is 24.6 Å². The molecule has 118 valence electrons. The Labute approximate surface area is 134 Å². The van der Waals surface area contributed by atoms with Crippen molar-refractivity contribution in [2.45, 2.75) is 19.6 Å². The van der Waals surface area contributed by atoms with Crippen molar-refractivity contribution < 1.29 is 14.3 Å². The smallest absolute Gasteiger partial charge is 0.408 e. The van der Waals surface area contributed by atoms with Crippen molar-refractivity contribution in [2.75, 3.05) is 11.4 Å². The number of rotatable bonds is 4. The number of benzene rings is 2. The average molecular weight is 310 g/mol. The van der Waals surface area contributed by atoms with E-state index >= 15 is 0 Å². The molecule has 0 unspecified atom stereocenters. The van der Waals surface area contributed by atoms with E-state index in [9.17, 15) is 9.59 Å². The molecule has 1 aliphatic heterocycles. The summed E-state index contributed by atoms with van der Waals surface area (Å²) in [7, 11) is 0. The fourth-order valence-electron chi connectivity index (χ4n) is 2.40. The Morgan fingerprint density at radius 3 is 2.52 bits per heavy atom. The summed E-state index contributed by atoms with van der Waals surface area (Å²) in [5.74, 6) is -0.120. The number of ether oxygens (including phenoxy) is 1. The van der Waals surface area contributed by atoms with E-state index in [0.29, 0.717) is 6.54 Å². The van der Waals surface area contributed by atoms with Gasteiger partial charge in [-0.15, -0.1) is 0 Å². The van der Waals surface area contributed by atoms with Crippen molar-refractivity contribution in [3.63, 3.8) is 0 Å². The van der Waals surface area contributed by atoms with Gasteiger partial charge in [-0.2, -0.15) is 0 Å². The molecular formula is C18H18N2O3. The van der Waals surface area contributed by atoms with Crippen molar-refractivity contribution in [3.8, 4) is 0 Å². The van der Waals surface area contributed by atoms with Gasteiger partial charge in [0.25, 0.3) is 5.91 Å². The summed E-state index contributed by atoms with van der Waals surface area (Å²) in [6.45, 7) is 2.65. The van der Waals surface area contributed by atoms with Crippen LogP contribution in [0.15, 0.2) is 54.6 Å². The number of β-lactam (4-membered cyclic amide) rings is 1. The van der Waals surface area contributed by atoms with Crippen molar-refractivity contribution in [3.05, 3.63) is 65.7 Å². The van der Waals surface area contributed by atoms with Crippen LogP contribution in [0.1, 0.15) is 11.1 Å². The minimum Gasteiger partial charge on any atom is -0.445 e. The summed E-state index contributed by atoms with van der Waals surface area (Å²) >= 11 is 0. The van der Waals surface area contributed by atoms with E-state index in [-0.39, 0.29) is 12.5 Å². The number of nitrogens with zero attached hydrogens (tertiary/aromatic N) is 1. The maximum Gasteiger partial charge on any atom is 0.408 e. The Bertz CT molecular complexity index is 698. The van der Waals surface area contributed by atoms with Crippen LogP contribution in [-0.2, 0) is 16.1 Å². The van der Waals surface area contributed by atoms with Crippen molar-refractivity contribution in [1.82, 2.24) is 5.32 Å². The van der Waals surface area contributed by atoms with Gasteiger partial charge in [-0.3, -0.25) is 4.79 Å². The van der Waals surface area contributed by atoms with Gasteiger partial charge in [0.1, 0.15) is 12.6 Å². The quantitative estimate of drug-likeness (QED) is 0.883. The van der Waals surface area contributed by atoms with Crippen molar-refractivity contribution in [2.24, 2.45) is 0 Å². The predicted octanol–water partition coefficient (Wildman–Crippen LogP) is 2.64. The molecule has 0 saturated carbocycles. The third kappa shape index (κ3) is 3.51. The zero-order valence-electron chi connectivity index (χ0n) is 12.9. The van der Waals surface area contributed by atoms with Gasteiger partial charge in [0.2, 0.25) is 0 Å². The topological polar surface area (TPSA) is 58.6 Å². The van der Waals surface area contributed by atoms with Gasteiger partial charge in [0.15, 0.2) is 0 Å². The second-order valence-corrected chi connectivity index (χ2v) is 5.54. The Balaban J connectivity index is 1.47. The standard InChI is InChI=1S/C18H18N2O3/c1-13-7-9-15(10-8-13)20-11-16(17(20)21)19-18(22)23-12-14-5-3-2-4-6-14/h2-10,16H,11-12H2,1H3,(H,19,22)/t16-/m0/s1. The normalized spacial score (nSPS) is 16.7. The first-order chi connectivity index (χ1) is 11.1. The first kappa shape index (κ1) is 15.1. The van der Waals surface area contributed by atoms with E-state index in [2.05, 4.69) is 5.32 Å². The molecule has 0 aromatic heterocycles. The highest BCUT2D eigenvalue weighted by Crippen LogP contribution is 2.22. The molecule has 23 heavy (non-hydrogen) atoms.